The van der Waals surface area contributed by atoms with Crippen LogP contribution >= 0.6 is 7.14 Å². The van der Waals surface area contributed by atoms with E-state index in [2.05, 4.69) is 20.6 Å². The average molecular weight is 430 g/mol. The summed E-state index contributed by atoms with van der Waals surface area (Å²) in [7, 11) is -0.493. The Kier molecular flexibility index (Phi) is 5.84. The molecule has 1 aromatic rings. The molecular weight excluding hydrogens is 404 g/mol. The zero-order chi connectivity index (χ0) is 21.4. The Labute approximate surface area is 168 Å². The molecule has 0 aromatic heterocycles. The molecule has 3 rings (SSSR count). The summed E-state index contributed by atoms with van der Waals surface area (Å²) in [6, 6.07) is 6.59. The zero-order valence-electron chi connectivity index (χ0n) is 16.6. The van der Waals surface area contributed by atoms with Crippen molar-refractivity contribution in [2.75, 3.05) is 46.6 Å². The van der Waals surface area contributed by atoms with Crippen LogP contribution in [0.2, 0.25) is 0 Å². The van der Waals surface area contributed by atoms with Crippen LogP contribution < -0.4 is 21.8 Å². The number of nitrogens with two attached hydrogens (primary N) is 1. The minimum absolute atomic E-state index is 0.236. The van der Waals surface area contributed by atoms with Crippen molar-refractivity contribution in [3.05, 3.63) is 41.2 Å². The fourth-order valence-corrected chi connectivity index (χ4v) is 3.99. The number of hydrazine groups is 1. The lowest BCUT2D eigenvalue weighted by Crippen LogP contribution is -2.58. The van der Waals surface area contributed by atoms with Crippen molar-refractivity contribution >= 4 is 18.7 Å². The largest absolute Gasteiger partial charge is 0.421 e. The van der Waals surface area contributed by atoms with Crippen molar-refractivity contribution in [3.8, 4) is 0 Å². The molecule has 0 saturated carbocycles. The molecule has 0 bridgehead atoms. The second-order valence-corrected chi connectivity index (χ2v) is 11.0. The third-order valence-electron chi connectivity index (χ3n) is 4.99. The highest BCUT2D eigenvalue weighted by Gasteiger charge is 2.42. The number of hydrogen-bond acceptors (Lipinski definition) is 7. The van der Waals surface area contributed by atoms with Gasteiger partial charge in [-0.1, -0.05) is 24.3 Å². The molecule has 1 aromatic carbocycles. The van der Waals surface area contributed by atoms with Gasteiger partial charge in [-0.15, -0.1) is 0 Å². The van der Waals surface area contributed by atoms with Gasteiger partial charge in [0, 0.05) is 43.3 Å². The molecule has 11 heteroatoms. The van der Waals surface area contributed by atoms with E-state index in [0.717, 1.165) is 19.3 Å². The quantitative estimate of drug-likeness (QED) is 0.623. The topological polar surface area (TPSA) is 86.0 Å². The predicted octanol–water partition coefficient (Wildman–Crippen LogP) is 1.20. The van der Waals surface area contributed by atoms with E-state index in [-0.39, 0.29) is 5.82 Å². The van der Waals surface area contributed by atoms with Gasteiger partial charge in [-0.05, 0) is 20.4 Å². The summed E-state index contributed by atoms with van der Waals surface area (Å²) in [5, 5.41) is 5.11. The van der Waals surface area contributed by atoms with Crippen molar-refractivity contribution in [1.82, 2.24) is 20.7 Å². The van der Waals surface area contributed by atoms with Gasteiger partial charge < -0.3 is 20.2 Å². The number of nitrogens with zero attached hydrogens (tertiary/aromatic N) is 3. The van der Waals surface area contributed by atoms with Crippen molar-refractivity contribution in [3.63, 3.8) is 0 Å². The van der Waals surface area contributed by atoms with Gasteiger partial charge in [-0.3, -0.25) is 5.73 Å². The summed E-state index contributed by atoms with van der Waals surface area (Å²) in [6.45, 7) is 5.90. The Hall–Kier alpha value is -1.87. The maximum absolute atomic E-state index is 13.5. The third kappa shape index (κ3) is 5.01. The van der Waals surface area contributed by atoms with Gasteiger partial charge >= 0.3 is 6.18 Å². The minimum atomic E-state index is -4.59. The molecule has 0 amide bonds. The van der Waals surface area contributed by atoms with E-state index >= 15 is 0 Å². The smallest absolute Gasteiger partial charge is 0.330 e. The molecule has 1 fully saturated rings. The standard InChI is InChI=1S/C18H26F3N6OP/c1-26-8-10-27(11-9-26)25-16-15(17(19,20)21)12-23-18(22,24-16)13-4-6-14(7-5-13)29(2,3)28/h4-7,12,24-25H,8-11,22H2,1-3H3. The predicted molar refractivity (Wildman–Crippen MR) is 108 cm³/mol. The van der Waals surface area contributed by atoms with Crippen LogP contribution in [0.15, 0.2) is 40.7 Å². The molecule has 4 N–H and O–H groups in total. The normalized spacial score (nSPS) is 24.5. The van der Waals surface area contributed by atoms with Gasteiger partial charge in [0.25, 0.3) is 0 Å². The maximum Gasteiger partial charge on any atom is 0.421 e. The van der Waals surface area contributed by atoms with Crippen LogP contribution in [0.1, 0.15) is 5.56 Å². The monoisotopic (exact) mass is 430 g/mol. The van der Waals surface area contributed by atoms with Crippen molar-refractivity contribution < 1.29 is 17.7 Å². The number of nitrogens with one attached hydrogen (secondary N) is 2. The number of allylic oxidation sites excluding steroid dienone is 1. The number of benzene rings is 1. The minimum Gasteiger partial charge on any atom is -0.330 e. The summed E-state index contributed by atoms with van der Waals surface area (Å²) >= 11 is 0. The van der Waals surface area contributed by atoms with Gasteiger partial charge in [-0.25, -0.2) is 10.0 Å². The van der Waals surface area contributed by atoms with Crippen molar-refractivity contribution in [2.24, 2.45) is 10.7 Å². The first kappa shape index (κ1) is 21.8. The van der Waals surface area contributed by atoms with E-state index in [0.29, 0.717) is 24.0 Å². The summed E-state index contributed by atoms with van der Waals surface area (Å²) in [6.07, 6.45) is -3.83. The summed E-state index contributed by atoms with van der Waals surface area (Å²) in [5.41, 5.74) is 8.70. The van der Waals surface area contributed by atoms with Gasteiger partial charge in [-0.2, -0.15) is 13.2 Å². The Bertz CT molecular complexity index is 855. The molecule has 1 saturated heterocycles. The molecular formula is C18H26F3N6OP. The van der Waals surface area contributed by atoms with E-state index in [1.54, 1.807) is 42.6 Å². The number of halogens is 3. The zero-order valence-corrected chi connectivity index (χ0v) is 17.5. The summed E-state index contributed by atoms with van der Waals surface area (Å²) in [5.74, 6) is -1.81. The lowest BCUT2D eigenvalue weighted by molar-refractivity contribution is -0.0883. The fraction of sp³-hybridized carbons (Fsp3) is 0.500. The second-order valence-electron chi connectivity index (χ2n) is 7.74. The number of hydrogen-bond donors (Lipinski definition) is 3. The molecule has 2 aliphatic heterocycles. The molecule has 2 heterocycles. The van der Waals surface area contributed by atoms with E-state index in [1.165, 1.54) is 0 Å². The average Bonchev–Trinajstić information content (AvgIpc) is 2.62. The van der Waals surface area contributed by atoms with Crippen molar-refractivity contribution in [2.45, 2.75) is 12.0 Å². The Balaban J connectivity index is 1.87. The highest BCUT2D eigenvalue weighted by Crippen LogP contribution is 2.35. The van der Waals surface area contributed by atoms with Gasteiger partial charge in [0.05, 0.1) is 0 Å². The Morgan fingerprint density at radius 1 is 1.17 bits per heavy atom. The molecule has 0 spiro atoms. The first-order chi connectivity index (χ1) is 13.4. The van der Waals surface area contributed by atoms with Crippen molar-refractivity contribution in [1.29, 1.82) is 0 Å². The van der Waals surface area contributed by atoms with E-state index in [4.69, 9.17) is 5.73 Å². The number of alkyl halides is 3. The number of rotatable bonds is 4. The third-order valence-corrected chi connectivity index (χ3v) is 6.53. The van der Waals surface area contributed by atoms with Crippen LogP contribution in [0.3, 0.4) is 0 Å². The fourth-order valence-electron chi connectivity index (χ4n) is 3.12. The number of piperazine rings is 1. The van der Waals surface area contributed by atoms with Crippen LogP contribution in [-0.4, -0.2) is 68.9 Å². The lowest BCUT2D eigenvalue weighted by atomic mass is 10.1. The van der Waals surface area contributed by atoms with Gasteiger partial charge in [0.2, 0.25) is 5.79 Å². The van der Waals surface area contributed by atoms with Crippen LogP contribution in [0.25, 0.3) is 0 Å². The lowest BCUT2D eigenvalue weighted by Gasteiger charge is -2.38. The first-order valence-electron chi connectivity index (χ1n) is 9.18. The van der Waals surface area contributed by atoms with E-state index in [1.807, 2.05) is 7.05 Å². The molecule has 0 radical (unpaired) electrons. The van der Waals surface area contributed by atoms with Gasteiger partial charge in [0.1, 0.15) is 18.5 Å². The van der Waals surface area contributed by atoms with Crippen LogP contribution in [0.5, 0.6) is 0 Å². The maximum atomic E-state index is 13.5. The van der Waals surface area contributed by atoms with Gasteiger partial charge in [0.15, 0.2) is 0 Å². The number of aliphatic imine (C=N–C) groups is 1. The molecule has 29 heavy (non-hydrogen) atoms. The second kappa shape index (κ2) is 7.75. The molecule has 2 aliphatic rings. The SMILES string of the molecule is CN1CCN(NC2=C(C(F)(F)F)C=NC(N)(c3ccc(P(C)(C)=O)cc3)N2)CC1. The van der Waals surface area contributed by atoms with Crippen LogP contribution in [0, 0.1) is 0 Å². The van der Waals surface area contributed by atoms with Crippen LogP contribution in [0.4, 0.5) is 13.2 Å². The highest BCUT2D eigenvalue weighted by molar-refractivity contribution is 7.70. The first-order valence-corrected chi connectivity index (χ1v) is 11.8. The van der Waals surface area contributed by atoms with E-state index < -0.39 is 24.7 Å². The molecule has 7 nitrogen and oxygen atoms in total. The van der Waals surface area contributed by atoms with Crippen LogP contribution in [-0.2, 0) is 10.4 Å². The molecule has 1 atom stereocenters. The summed E-state index contributed by atoms with van der Waals surface area (Å²) in [4.78, 5) is 6.05. The van der Waals surface area contributed by atoms with E-state index in [9.17, 15) is 17.7 Å². The number of likely N-dealkylation sites (N-methyl/N-ethyl adjacent to an activating group) is 1. The molecule has 160 valence electrons. The Morgan fingerprint density at radius 2 is 1.76 bits per heavy atom. The molecule has 0 aliphatic carbocycles. The molecule has 1 unspecified atom stereocenters. The summed E-state index contributed by atoms with van der Waals surface area (Å²) < 4.78 is 52.8. The highest BCUT2D eigenvalue weighted by atomic mass is 31.2. The Morgan fingerprint density at radius 3 is 2.28 bits per heavy atom.